The van der Waals surface area contributed by atoms with Gasteiger partial charge >= 0.3 is 0 Å². The van der Waals surface area contributed by atoms with Gasteiger partial charge in [-0.25, -0.2) is 12.7 Å². The molecule has 0 bridgehead atoms. The first-order valence-electron chi connectivity index (χ1n) is 10.7. The summed E-state index contributed by atoms with van der Waals surface area (Å²) in [5, 5.41) is 2.84. The first kappa shape index (κ1) is 22.3. The summed E-state index contributed by atoms with van der Waals surface area (Å²) in [5.74, 6) is -0.984. The molecule has 32 heavy (non-hydrogen) atoms. The highest BCUT2D eigenvalue weighted by Crippen LogP contribution is 2.33. The molecule has 0 spiro atoms. The fourth-order valence-corrected chi connectivity index (χ4v) is 6.03. The van der Waals surface area contributed by atoms with Crippen LogP contribution in [0.4, 0.5) is 11.4 Å². The van der Waals surface area contributed by atoms with Crippen molar-refractivity contribution in [3.05, 3.63) is 53.1 Å². The molecule has 2 amide bonds. The SMILES string of the molecule is Cc1cc(NC(=O)c2ccc3c(c2)S(=O)(=O)N(C(C)C)C3=O)ccc1N1CCN(C)CC1. The Morgan fingerprint density at radius 2 is 1.72 bits per heavy atom. The van der Waals surface area contributed by atoms with Gasteiger partial charge in [0.2, 0.25) is 0 Å². The van der Waals surface area contributed by atoms with Crippen LogP contribution >= 0.6 is 0 Å². The van der Waals surface area contributed by atoms with Crippen molar-refractivity contribution in [2.75, 3.05) is 43.4 Å². The van der Waals surface area contributed by atoms with E-state index in [2.05, 4.69) is 22.2 Å². The molecule has 0 atom stereocenters. The van der Waals surface area contributed by atoms with E-state index < -0.39 is 27.9 Å². The lowest BCUT2D eigenvalue weighted by Crippen LogP contribution is -2.44. The summed E-state index contributed by atoms with van der Waals surface area (Å²) in [7, 11) is -1.84. The number of hydrogen-bond acceptors (Lipinski definition) is 6. The maximum Gasteiger partial charge on any atom is 0.269 e. The lowest BCUT2D eigenvalue weighted by molar-refractivity contribution is 0.0846. The highest BCUT2D eigenvalue weighted by molar-refractivity contribution is 7.90. The van der Waals surface area contributed by atoms with Gasteiger partial charge in [-0.3, -0.25) is 9.59 Å². The Labute approximate surface area is 188 Å². The zero-order valence-corrected chi connectivity index (χ0v) is 19.6. The van der Waals surface area contributed by atoms with Crippen molar-refractivity contribution in [2.24, 2.45) is 0 Å². The molecule has 0 aliphatic carbocycles. The molecule has 2 heterocycles. The van der Waals surface area contributed by atoms with E-state index in [0.717, 1.165) is 41.7 Å². The Morgan fingerprint density at radius 3 is 2.34 bits per heavy atom. The molecule has 9 heteroatoms. The van der Waals surface area contributed by atoms with E-state index in [1.54, 1.807) is 13.8 Å². The van der Waals surface area contributed by atoms with E-state index in [1.165, 1.54) is 18.2 Å². The zero-order valence-electron chi connectivity index (χ0n) is 18.8. The van der Waals surface area contributed by atoms with E-state index >= 15 is 0 Å². The number of aryl methyl sites for hydroxylation is 1. The van der Waals surface area contributed by atoms with Crippen LogP contribution in [0, 0.1) is 6.92 Å². The molecule has 0 aromatic heterocycles. The predicted molar refractivity (Wildman–Crippen MR) is 124 cm³/mol. The molecule has 0 unspecified atom stereocenters. The van der Waals surface area contributed by atoms with Crippen LogP contribution < -0.4 is 10.2 Å². The molecule has 2 aliphatic rings. The van der Waals surface area contributed by atoms with Crippen molar-refractivity contribution in [1.29, 1.82) is 0 Å². The number of rotatable bonds is 4. The molecular formula is C23H28N4O4S. The van der Waals surface area contributed by atoms with Crippen molar-refractivity contribution in [1.82, 2.24) is 9.21 Å². The molecule has 4 rings (SSSR count). The minimum absolute atomic E-state index is 0.0997. The molecular weight excluding hydrogens is 428 g/mol. The number of piperazine rings is 1. The van der Waals surface area contributed by atoms with E-state index in [-0.39, 0.29) is 16.0 Å². The van der Waals surface area contributed by atoms with E-state index in [1.807, 2.05) is 25.1 Å². The monoisotopic (exact) mass is 456 g/mol. The fourth-order valence-electron chi connectivity index (χ4n) is 4.24. The van der Waals surface area contributed by atoms with Gasteiger partial charge in [0.05, 0.1) is 5.56 Å². The van der Waals surface area contributed by atoms with Gasteiger partial charge in [0, 0.05) is 49.2 Å². The first-order valence-corrected chi connectivity index (χ1v) is 12.1. The number of hydrogen-bond donors (Lipinski definition) is 1. The van der Waals surface area contributed by atoms with Crippen molar-refractivity contribution in [2.45, 2.75) is 31.7 Å². The van der Waals surface area contributed by atoms with Gasteiger partial charge in [0.15, 0.2) is 0 Å². The third-order valence-electron chi connectivity index (χ3n) is 5.98. The Bertz CT molecular complexity index is 1180. The summed E-state index contributed by atoms with van der Waals surface area (Å²) in [6.07, 6.45) is 0. The largest absolute Gasteiger partial charge is 0.369 e. The van der Waals surface area contributed by atoms with Crippen LogP contribution in [-0.2, 0) is 10.0 Å². The lowest BCUT2D eigenvalue weighted by Gasteiger charge is -2.35. The first-order chi connectivity index (χ1) is 15.1. The van der Waals surface area contributed by atoms with Crippen LogP contribution in [0.2, 0.25) is 0 Å². The number of nitrogens with zero attached hydrogens (tertiary/aromatic N) is 3. The van der Waals surface area contributed by atoms with Crippen molar-refractivity contribution in [3.8, 4) is 0 Å². The fraction of sp³-hybridized carbons (Fsp3) is 0.391. The number of amides is 2. The smallest absolute Gasteiger partial charge is 0.269 e. The molecule has 1 fully saturated rings. The number of fused-ring (bicyclic) bond motifs is 1. The van der Waals surface area contributed by atoms with Crippen LogP contribution in [0.5, 0.6) is 0 Å². The summed E-state index contributed by atoms with van der Waals surface area (Å²) < 4.78 is 26.4. The third-order valence-corrected chi connectivity index (χ3v) is 7.98. The van der Waals surface area contributed by atoms with Crippen molar-refractivity contribution >= 4 is 33.2 Å². The van der Waals surface area contributed by atoms with Gasteiger partial charge < -0.3 is 15.1 Å². The van der Waals surface area contributed by atoms with Crippen LogP contribution in [0.15, 0.2) is 41.3 Å². The van der Waals surface area contributed by atoms with Crippen LogP contribution in [0.1, 0.15) is 40.1 Å². The topological polar surface area (TPSA) is 90.0 Å². The summed E-state index contributed by atoms with van der Waals surface area (Å²) >= 11 is 0. The van der Waals surface area contributed by atoms with Gasteiger partial charge in [-0.05, 0) is 69.8 Å². The maximum absolute atomic E-state index is 12.8. The highest BCUT2D eigenvalue weighted by Gasteiger charge is 2.42. The van der Waals surface area contributed by atoms with Crippen molar-refractivity contribution in [3.63, 3.8) is 0 Å². The number of sulfonamides is 1. The number of likely N-dealkylation sites (N-methyl/N-ethyl adjacent to an activating group) is 1. The molecule has 170 valence electrons. The van der Waals surface area contributed by atoms with Crippen LogP contribution in [0.25, 0.3) is 0 Å². The molecule has 1 saturated heterocycles. The van der Waals surface area contributed by atoms with Gasteiger partial charge in [-0.1, -0.05) is 0 Å². The number of carbonyl (C=O) groups is 2. The molecule has 2 aliphatic heterocycles. The van der Waals surface area contributed by atoms with E-state index in [9.17, 15) is 18.0 Å². The number of carbonyl (C=O) groups excluding carboxylic acids is 2. The van der Waals surface area contributed by atoms with Gasteiger partial charge in [-0.15, -0.1) is 0 Å². The Balaban J connectivity index is 1.54. The average Bonchev–Trinajstić information content (AvgIpc) is 2.94. The molecule has 2 aromatic carbocycles. The maximum atomic E-state index is 12.8. The van der Waals surface area contributed by atoms with E-state index in [0.29, 0.717) is 5.69 Å². The number of benzene rings is 2. The molecule has 0 radical (unpaired) electrons. The summed E-state index contributed by atoms with van der Waals surface area (Å²) in [6.45, 7) is 9.23. The second-order valence-electron chi connectivity index (χ2n) is 8.66. The minimum atomic E-state index is -3.96. The van der Waals surface area contributed by atoms with Crippen molar-refractivity contribution < 1.29 is 18.0 Å². The van der Waals surface area contributed by atoms with Crippen LogP contribution in [0.3, 0.4) is 0 Å². The molecule has 1 N–H and O–H groups in total. The van der Waals surface area contributed by atoms with Gasteiger partial charge in [0.1, 0.15) is 4.90 Å². The van der Waals surface area contributed by atoms with E-state index in [4.69, 9.17) is 0 Å². The lowest BCUT2D eigenvalue weighted by atomic mass is 10.1. The minimum Gasteiger partial charge on any atom is -0.369 e. The number of anilines is 2. The average molecular weight is 457 g/mol. The number of nitrogens with one attached hydrogen (secondary N) is 1. The Morgan fingerprint density at radius 1 is 1.03 bits per heavy atom. The van der Waals surface area contributed by atoms with Gasteiger partial charge in [-0.2, -0.15) is 0 Å². The normalized spacial score (nSPS) is 18.2. The molecule has 2 aromatic rings. The second kappa shape index (κ2) is 8.22. The summed E-state index contributed by atoms with van der Waals surface area (Å²) in [4.78, 5) is 29.8. The predicted octanol–water partition coefficient (Wildman–Crippen LogP) is 2.55. The van der Waals surface area contributed by atoms with Crippen LogP contribution in [-0.4, -0.2) is 68.7 Å². The standard InChI is InChI=1S/C23H28N4O4S/c1-15(2)27-23(29)19-7-5-17(14-21(19)32(27,30)31)22(28)24-18-6-8-20(16(3)13-18)26-11-9-25(4)10-12-26/h5-8,13-15H,9-12H2,1-4H3,(H,24,28). The summed E-state index contributed by atoms with van der Waals surface area (Å²) in [6, 6.07) is 9.45. The molecule has 8 nitrogen and oxygen atoms in total. The molecule has 0 saturated carbocycles. The third kappa shape index (κ3) is 3.86. The second-order valence-corrected chi connectivity index (χ2v) is 10.4. The Kier molecular flexibility index (Phi) is 5.72. The summed E-state index contributed by atoms with van der Waals surface area (Å²) in [5.41, 5.74) is 3.12. The zero-order chi connectivity index (χ0) is 23.2. The van der Waals surface area contributed by atoms with Gasteiger partial charge in [0.25, 0.3) is 21.8 Å². The quantitative estimate of drug-likeness (QED) is 0.761. The highest BCUT2D eigenvalue weighted by atomic mass is 32.2. The Hall–Kier alpha value is -2.91.